The van der Waals surface area contributed by atoms with Crippen LogP contribution in [0.4, 0.5) is 10.8 Å². The van der Waals surface area contributed by atoms with E-state index in [9.17, 15) is 9.59 Å². The van der Waals surface area contributed by atoms with Crippen molar-refractivity contribution in [2.75, 3.05) is 37.4 Å². The minimum absolute atomic E-state index is 0.00407. The van der Waals surface area contributed by atoms with E-state index in [4.69, 9.17) is 4.74 Å². The van der Waals surface area contributed by atoms with Gasteiger partial charge in [-0.1, -0.05) is 29.8 Å². The van der Waals surface area contributed by atoms with E-state index in [1.54, 1.807) is 7.11 Å². The molecule has 3 aromatic rings. The number of nitrogens with one attached hydrogen (secondary N) is 2. The summed E-state index contributed by atoms with van der Waals surface area (Å²) < 4.78 is 5.31. The number of anilines is 2. The summed E-state index contributed by atoms with van der Waals surface area (Å²) in [6.45, 7) is 7.95. The molecule has 4 rings (SSSR count). The monoisotopic (exact) mass is 492 g/mol. The maximum atomic E-state index is 12.7. The van der Waals surface area contributed by atoms with Gasteiger partial charge in [-0.3, -0.25) is 14.5 Å². The van der Waals surface area contributed by atoms with Gasteiger partial charge in [0.2, 0.25) is 11.8 Å². The van der Waals surface area contributed by atoms with Gasteiger partial charge in [-0.05, 0) is 70.0 Å². The number of methoxy groups -OCH3 is 1. The average Bonchev–Trinajstić information content (AvgIpc) is 3.26. The van der Waals surface area contributed by atoms with Crippen molar-refractivity contribution in [2.24, 2.45) is 5.92 Å². The molecule has 0 atom stereocenters. The number of likely N-dealkylation sites (tertiary alicyclic amines) is 1. The summed E-state index contributed by atoms with van der Waals surface area (Å²) in [4.78, 5) is 32.1. The van der Waals surface area contributed by atoms with E-state index in [-0.39, 0.29) is 17.7 Å². The van der Waals surface area contributed by atoms with Gasteiger partial charge in [0, 0.05) is 16.9 Å². The molecular formula is C27H32N4O3S. The number of amides is 2. The van der Waals surface area contributed by atoms with Crippen LogP contribution < -0.4 is 15.4 Å². The number of nitrogens with zero attached hydrogens (tertiary/aromatic N) is 2. The summed E-state index contributed by atoms with van der Waals surface area (Å²) in [7, 11) is 1.59. The molecule has 0 bridgehead atoms. The Kier molecular flexibility index (Phi) is 7.83. The molecule has 2 N–H and O–H groups in total. The fourth-order valence-electron chi connectivity index (χ4n) is 4.73. The molecular weight excluding hydrogens is 460 g/mol. The van der Waals surface area contributed by atoms with Crippen LogP contribution >= 0.6 is 11.3 Å². The van der Waals surface area contributed by atoms with Crippen molar-refractivity contribution in [3.8, 4) is 17.0 Å². The van der Waals surface area contributed by atoms with Gasteiger partial charge in [0.05, 0.1) is 25.0 Å². The zero-order valence-electron chi connectivity index (χ0n) is 20.7. The standard InChI is InChI=1S/C27H32N4O3S/c1-17-13-18(2)25(19(3)14-17)22-16-35-27(29-22)30-24(32)15-31-11-9-20(10-12-31)26(33)28-21-7-5-6-8-23(21)34-4/h5-8,13-14,16,20H,9-12,15H2,1-4H3,(H,28,33)(H,29,30,32). The molecule has 0 radical (unpaired) electrons. The predicted octanol–water partition coefficient (Wildman–Crippen LogP) is 5.03. The fraction of sp³-hybridized carbons (Fsp3) is 0.370. The molecule has 7 nitrogen and oxygen atoms in total. The number of piperidine rings is 1. The highest BCUT2D eigenvalue weighted by Gasteiger charge is 2.26. The number of thiazole rings is 1. The van der Waals surface area contributed by atoms with Gasteiger partial charge < -0.3 is 15.4 Å². The lowest BCUT2D eigenvalue weighted by Crippen LogP contribution is -2.41. The third-order valence-corrected chi connectivity index (χ3v) is 7.13. The minimum atomic E-state index is -0.0832. The Morgan fingerprint density at radius 3 is 2.46 bits per heavy atom. The summed E-state index contributed by atoms with van der Waals surface area (Å²) in [5, 5.41) is 8.52. The summed E-state index contributed by atoms with van der Waals surface area (Å²) in [5.74, 6) is 0.477. The van der Waals surface area contributed by atoms with E-state index < -0.39 is 0 Å². The molecule has 2 heterocycles. The van der Waals surface area contributed by atoms with Crippen LogP contribution in [0.1, 0.15) is 29.5 Å². The quantitative estimate of drug-likeness (QED) is 0.483. The molecule has 0 unspecified atom stereocenters. The van der Waals surface area contributed by atoms with Crippen molar-refractivity contribution >= 4 is 34.0 Å². The summed E-state index contributed by atoms with van der Waals surface area (Å²) in [5.41, 5.74) is 6.30. The SMILES string of the molecule is COc1ccccc1NC(=O)C1CCN(CC(=O)Nc2nc(-c3c(C)cc(C)cc3C)cs2)CC1. The van der Waals surface area contributed by atoms with Gasteiger partial charge in [0.25, 0.3) is 0 Å². The van der Waals surface area contributed by atoms with E-state index in [0.29, 0.717) is 49.0 Å². The highest BCUT2D eigenvalue weighted by molar-refractivity contribution is 7.14. The van der Waals surface area contributed by atoms with Crippen LogP contribution in [0.25, 0.3) is 11.3 Å². The van der Waals surface area contributed by atoms with Crippen LogP contribution in [-0.4, -0.2) is 48.4 Å². The van der Waals surface area contributed by atoms with Crippen LogP contribution in [0, 0.1) is 26.7 Å². The largest absolute Gasteiger partial charge is 0.495 e. The van der Waals surface area contributed by atoms with Gasteiger partial charge in [0.1, 0.15) is 5.75 Å². The third-order valence-electron chi connectivity index (χ3n) is 6.37. The third kappa shape index (κ3) is 6.07. The number of hydrogen-bond acceptors (Lipinski definition) is 6. The van der Waals surface area contributed by atoms with Crippen molar-refractivity contribution in [3.63, 3.8) is 0 Å². The molecule has 1 aliphatic rings. The lowest BCUT2D eigenvalue weighted by Gasteiger charge is -2.30. The number of benzene rings is 2. The molecule has 0 spiro atoms. The van der Waals surface area contributed by atoms with Gasteiger partial charge in [-0.25, -0.2) is 4.98 Å². The van der Waals surface area contributed by atoms with Crippen molar-refractivity contribution in [2.45, 2.75) is 33.6 Å². The van der Waals surface area contributed by atoms with E-state index >= 15 is 0 Å². The first-order chi connectivity index (χ1) is 16.8. The Hall–Kier alpha value is -3.23. The van der Waals surface area contributed by atoms with Crippen LogP contribution in [-0.2, 0) is 9.59 Å². The number of ether oxygens (including phenoxy) is 1. The molecule has 184 valence electrons. The maximum Gasteiger partial charge on any atom is 0.240 e. The maximum absolute atomic E-state index is 12.7. The predicted molar refractivity (Wildman–Crippen MR) is 141 cm³/mol. The Balaban J connectivity index is 1.27. The molecule has 1 aromatic heterocycles. The Labute approximate surface area is 210 Å². The summed E-state index contributed by atoms with van der Waals surface area (Å²) in [6, 6.07) is 11.7. The van der Waals surface area contributed by atoms with Crippen LogP contribution in [0.5, 0.6) is 5.75 Å². The normalized spacial score (nSPS) is 14.5. The molecule has 0 aliphatic carbocycles. The second-order valence-corrected chi connectivity index (χ2v) is 9.96. The van der Waals surface area contributed by atoms with Crippen LogP contribution in [0.3, 0.4) is 0 Å². The van der Waals surface area contributed by atoms with Crippen molar-refractivity contribution in [1.82, 2.24) is 9.88 Å². The first-order valence-electron chi connectivity index (χ1n) is 11.8. The minimum Gasteiger partial charge on any atom is -0.495 e. The van der Waals surface area contributed by atoms with Crippen LogP contribution in [0.2, 0.25) is 0 Å². The molecule has 0 saturated carbocycles. The Morgan fingerprint density at radius 2 is 1.77 bits per heavy atom. The topological polar surface area (TPSA) is 83.6 Å². The molecule has 35 heavy (non-hydrogen) atoms. The van der Waals surface area contributed by atoms with E-state index in [1.807, 2.05) is 29.6 Å². The summed E-state index contributed by atoms with van der Waals surface area (Å²) >= 11 is 1.44. The van der Waals surface area contributed by atoms with Gasteiger partial charge >= 0.3 is 0 Å². The molecule has 2 aromatic carbocycles. The number of aryl methyl sites for hydroxylation is 3. The average molecular weight is 493 g/mol. The second-order valence-electron chi connectivity index (χ2n) is 9.10. The number of aromatic nitrogens is 1. The Bertz CT molecular complexity index is 1190. The van der Waals surface area contributed by atoms with E-state index in [2.05, 4.69) is 53.4 Å². The molecule has 1 fully saturated rings. The van der Waals surface area contributed by atoms with Gasteiger partial charge in [-0.15, -0.1) is 11.3 Å². The highest BCUT2D eigenvalue weighted by Crippen LogP contribution is 2.31. The van der Waals surface area contributed by atoms with Crippen molar-refractivity contribution in [1.29, 1.82) is 0 Å². The van der Waals surface area contributed by atoms with Crippen LogP contribution in [0.15, 0.2) is 41.8 Å². The Morgan fingerprint density at radius 1 is 1.09 bits per heavy atom. The number of rotatable bonds is 7. The smallest absolute Gasteiger partial charge is 0.240 e. The molecule has 1 aliphatic heterocycles. The van der Waals surface area contributed by atoms with Gasteiger partial charge in [0.15, 0.2) is 5.13 Å². The molecule has 2 amide bonds. The number of para-hydroxylation sites is 2. The summed E-state index contributed by atoms with van der Waals surface area (Å²) in [6.07, 6.45) is 1.42. The van der Waals surface area contributed by atoms with E-state index in [0.717, 1.165) is 11.3 Å². The number of carbonyl (C=O) groups is 2. The lowest BCUT2D eigenvalue weighted by molar-refractivity contribution is -0.121. The van der Waals surface area contributed by atoms with Gasteiger partial charge in [-0.2, -0.15) is 0 Å². The van der Waals surface area contributed by atoms with Crippen molar-refractivity contribution < 1.29 is 14.3 Å². The first-order valence-corrected chi connectivity index (χ1v) is 12.7. The number of hydrogen-bond donors (Lipinski definition) is 2. The zero-order valence-corrected chi connectivity index (χ0v) is 21.5. The van der Waals surface area contributed by atoms with E-state index in [1.165, 1.54) is 28.0 Å². The van der Waals surface area contributed by atoms with Crippen molar-refractivity contribution in [3.05, 3.63) is 58.5 Å². The first kappa shape index (κ1) is 24.9. The zero-order chi connectivity index (χ0) is 24.9. The highest BCUT2D eigenvalue weighted by atomic mass is 32.1. The molecule has 1 saturated heterocycles. The number of carbonyl (C=O) groups excluding carboxylic acids is 2. The fourth-order valence-corrected chi connectivity index (χ4v) is 5.45. The molecule has 8 heteroatoms. The lowest BCUT2D eigenvalue weighted by atomic mass is 9.95. The second kappa shape index (κ2) is 11.0.